The van der Waals surface area contributed by atoms with Crippen LogP contribution in [0.2, 0.25) is 0 Å². The molecule has 0 aromatic carbocycles. The molecule has 0 unspecified atom stereocenters. The van der Waals surface area contributed by atoms with Crippen LogP contribution in [0.25, 0.3) is 0 Å². The van der Waals surface area contributed by atoms with Gasteiger partial charge in [0.05, 0.1) is 6.61 Å². The van der Waals surface area contributed by atoms with Gasteiger partial charge in [0.15, 0.2) is 0 Å². The number of rotatable bonds is 19. The molecule has 0 aliphatic heterocycles. The summed E-state index contributed by atoms with van der Waals surface area (Å²) in [5.41, 5.74) is 0. The molecule has 0 saturated carbocycles. The van der Waals surface area contributed by atoms with Gasteiger partial charge in [-0.15, -0.1) is 0 Å². The minimum Gasteiger partial charge on any atom is -0.465 e. The van der Waals surface area contributed by atoms with Crippen LogP contribution in [0.15, 0.2) is 0 Å². The lowest BCUT2D eigenvalue weighted by atomic mass is 10.0. The number of nitrogens with zero attached hydrogens (tertiary/aromatic N) is 1. The number of hydrogen-bond acceptors (Lipinski definition) is 3. The Kier molecular flexibility index (Phi) is 19.6. The van der Waals surface area contributed by atoms with Crippen LogP contribution in [0.1, 0.15) is 123 Å². The van der Waals surface area contributed by atoms with E-state index in [0.717, 1.165) is 37.0 Å². The third-order valence-corrected chi connectivity index (χ3v) is 5.16. The van der Waals surface area contributed by atoms with Crippen molar-refractivity contribution < 1.29 is 19.4 Å². The Bertz CT molecular complexity index is 374. The Morgan fingerprint density at radius 3 is 1.46 bits per heavy atom. The van der Waals surface area contributed by atoms with Gasteiger partial charge in [0.2, 0.25) is 0 Å². The first-order chi connectivity index (χ1) is 13.6. The smallest absolute Gasteiger partial charge is 0.419 e. The molecule has 5 heteroatoms. The summed E-state index contributed by atoms with van der Waals surface area (Å²) in [4.78, 5) is 23.7. The van der Waals surface area contributed by atoms with E-state index in [2.05, 4.69) is 6.92 Å². The van der Waals surface area contributed by atoms with E-state index >= 15 is 0 Å². The van der Waals surface area contributed by atoms with Crippen molar-refractivity contribution in [3.05, 3.63) is 0 Å². The average Bonchev–Trinajstić information content (AvgIpc) is 2.67. The van der Waals surface area contributed by atoms with E-state index in [4.69, 9.17) is 9.84 Å². The number of carbonyl (C=O) groups excluding carboxylic acids is 1. The summed E-state index contributed by atoms with van der Waals surface area (Å²) in [6.45, 7) is 4.84. The summed E-state index contributed by atoms with van der Waals surface area (Å²) in [6.07, 6.45) is 18.5. The fourth-order valence-corrected chi connectivity index (χ4v) is 3.32. The lowest BCUT2D eigenvalue weighted by Crippen LogP contribution is -2.37. The van der Waals surface area contributed by atoms with Crippen molar-refractivity contribution in [3.8, 4) is 0 Å². The van der Waals surface area contributed by atoms with Crippen molar-refractivity contribution in [1.29, 1.82) is 0 Å². The minimum absolute atomic E-state index is 0.223. The van der Waals surface area contributed by atoms with Crippen molar-refractivity contribution in [2.45, 2.75) is 123 Å². The van der Waals surface area contributed by atoms with Crippen molar-refractivity contribution in [1.82, 2.24) is 4.90 Å². The molecule has 0 spiro atoms. The van der Waals surface area contributed by atoms with E-state index in [0.29, 0.717) is 13.0 Å². The number of hydrogen-bond donors (Lipinski definition) is 1. The van der Waals surface area contributed by atoms with Crippen LogP contribution in [0.5, 0.6) is 0 Å². The van der Waals surface area contributed by atoms with E-state index in [9.17, 15) is 9.59 Å². The fourth-order valence-electron chi connectivity index (χ4n) is 3.32. The zero-order chi connectivity index (χ0) is 20.9. The number of carbonyl (C=O) groups is 2. The summed E-state index contributed by atoms with van der Waals surface area (Å²) >= 11 is 0. The molecule has 0 radical (unpaired) electrons. The molecular formula is C23H45NO4. The molecule has 5 nitrogen and oxygen atoms in total. The van der Waals surface area contributed by atoms with Gasteiger partial charge in [-0.25, -0.2) is 14.5 Å². The van der Waals surface area contributed by atoms with Crippen LogP contribution in [0.3, 0.4) is 0 Å². The van der Waals surface area contributed by atoms with Crippen LogP contribution in [0, 0.1) is 0 Å². The topological polar surface area (TPSA) is 66.8 Å². The van der Waals surface area contributed by atoms with Gasteiger partial charge in [0.1, 0.15) is 0 Å². The standard InChI is InChI=1S/C23H45NO4/c1-3-5-7-8-9-10-11-12-13-14-15-16-17-19-21-28-23(27)24(22(25)26)20-18-6-4-2/h3-21H2,1-2H3,(H,25,26). The normalized spacial score (nSPS) is 10.8. The second-order valence-electron chi connectivity index (χ2n) is 7.85. The summed E-state index contributed by atoms with van der Waals surface area (Å²) < 4.78 is 5.11. The molecule has 0 aromatic heterocycles. The first-order valence-corrected chi connectivity index (χ1v) is 11.8. The molecular weight excluding hydrogens is 354 g/mol. The van der Waals surface area contributed by atoms with Gasteiger partial charge in [0, 0.05) is 6.54 Å². The first kappa shape index (κ1) is 26.7. The second kappa shape index (κ2) is 20.5. The van der Waals surface area contributed by atoms with Crippen LogP contribution in [0.4, 0.5) is 9.59 Å². The highest BCUT2D eigenvalue weighted by molar-refractivity contribution is 5.86. The van der Waals surface area contributed by atoms with Gasteiger partial charge >= 0.3 is 12.2 Å². The fraction of sp³-hybridized carbons (Fsp3) is 0.913. The Hall–Kier alpha value is -1.26. The van der Waals surface area contributed by atoms with Gasteiger partial charge in [-0.2, -0.15) is 0 Å². The number of ether oxygens (including phenoxy) is 1. The average molecular weight is 400 g/mol. The number of amides is 2. The molecule has 0 rings (SSSR count). The third-order valence-electron chi connectivity index (χ3n) is 5.16. The first-order valence-electron chi connectivity index (χ1n) is 11.8. The van der Waals surface area contributed by atoms with Crippen molar-refractivity contribution in [3.63, 3.8) is 0 Å². The molecule has 0 heterocycles. The second-order valence-corrected chi connectivity index (χ2v) is 7.85. The van der Waals surface area contributed by atoms with E-state index < -0.39 is 12.2 Å². The highest BCUT2D eigenvalue weighted by Crippen LogP contribution is 2.13. The van der Waals surface area contributed by atoms with Gasteiger partial charge in [-0.05, 0) is 12.8 Å². The maximum absolute atomic E-state index is 11.8. The Balaban J connectivity index is 3.43. The van der Waals surface area contributed by atoms with Crippen LogP contribution < -0.4 is 0 Å². The predicted molar refractivity (Wildman–Crippen MR) is 116 cm³/mol. The Labute approximate surface area is 173 Å². The molecule has 28 heavy (non-hydrogen) atoms. The van der Waals surface area contributed by atoms with Gasteiger partial charge < -0.3 is 9.84 Å². The third kappa shape index (κ3) is 16.9. The van der Waals surface area contributed by atoms with E-state index in [1.165, 1.54) is 70.6 Å². The zero-order valence-electron chi connectivity index (χ0n) is 18.6. The van der Waals surface area contributed by atoms with E-state index in [1.54, 1.807) is 0 Å². The Morgan fingerprint density at radius 2 is 1.04 bits per heavy atom. The van der Waals surface area contributed by atoms with Crippen LogP contribution in [-0.4, -0.2) is 35.3 Å². The molecule has 0 aromatic rings. The van der Waals surface area contributed by atoms with Gasteiger partial charge in [-0.3, -0.25) is 0 Å². The molecule has 0 bridgehead atoms. The highest BCUT2D eigenvalue weighted by Gasteiger charge is 2.21. The maximum atomic E-state index is 11.8. The van der Waals surface area contributed by atoms with Crippen LogP contribution >= 0.6 is 0 Å². The SMILES string of the molecule is CCCCCCCCCCCCCCCCOC(=O)N(CCCCC)C(=O)O. The van der Waals surface area contributed by atoms with Crippen molar-refractivity contribution in [2.75, 3.05) is 13.2 Å². The molecule has 2 amide bonds. The number of unbranched alkanes of at least 4 members (excludes halogenated alkanes) is 15. The molecule has 0 atom stereocenters. The molecule has 0 aliphatic rings. The molecule has 1 N–H and O–H groups in total. The predicted octanol–water partition coefficient (Wildman–Crippen LogP) is 7.77. The van der Waals surface area contributed by atoms with Crippen LogP contribution in [-0.2, 0) is 4.74 Å². The lowest BCUT2D eigenvalue weighted by molar-refractivity contribution is 0.0925. The highest BCUT2D eigenvalue weighted by atomic mass is 16.6. The molecule has 0 aliphatic carbocycles. The summed E-state index contributed by atoms with van der Waals surface area (Å²) in [5.74, 6) is 0. The lowest BCUT2D eigenvalue weighted by Gasteiger charge is -2.16. The molecule has 0 saturated heterocycles. The summed E-state index contributed by atoms with van der Waals surface area (Å²) in [7, 11) is 0. The van der Waals surface area contributed by atoms with Crippen molar-refractivity contribution >= 4 is 12.2 Å². The summed E-state index contributed by atoms with van der Waals surface area (Å²) in [5, 5.41) is 9.09. The number of imide groups is 1. The molecule has 0 fully saturated rings. The zero-order valence-corrected chi connectivity index (χ0v) is 18.6. The number of carboxylic acid groups (broad SMARTS) is 1. The minimum atomic E-state index is -1.22. The van der Waals surface area contributed by atoms with Gasteiger partial charge in [0.25, 0.3) is 0 Å². The van der Waals surface area contributed by atoms with Crippen molar-refractivity contribution in [2.24, 2.45) is 0 Å². The van der Waals surface area contributed by atoms with E-state index in [-0.39, 0.29) is 6.54 Å². The largest absolute Gasteiger partial charge is 0.465 e. The van der Waals surface area contributed by atoms with Gasteiger partial charge in [-0.1, -0.05) is 110 Å². The maximum Gasteiger partial charge on any atom is 0.419 e. The van der Waals surface area contributed by atoms with E-state index in [1.807, 2.05) is 6.92 Å². The monoisotopic (exact) mass is 399 g/mol. The summed E-state index contributed by atoms with van der Waals surface area (Å²) in [6, 6.07) is 0. The quantitative estimate of drug-likeness (QED) is 0.225. The Morgan fingerprint density at radius 1 is 0.643 bits per heavy atom. The molecule has 166 valence electrons.